The minimum Gasteiger partial charge on any atom is -0.466 e. The summed E-state index contributed by atoms with van der Waals surface area (Å²) in [5.74, 6) is -2.28. The SMILES string of the molecule is C=CC(=O)OCC.C=CC(=O)OCC.C=CC(=O)OCC.C=CC(=O)OCC.CC.CC.CC.CC.CC.CC.CC.CCOC(C)=O.CCOC(C)=O.CCOC(C)=O.CCOC(C)=O.COC.COC.[B].c1ccccc1.c1ccccc1. The molecule has 2 aromatic rings. The number of hydrogen-bond acceptors (Lipinski definition) is 18. The molecule has 0 fully saturated rings. The van der Waals surface area contributed by atoms with E-state index >= 15 is 0 Å². The minimum atomic E-state index is -0.359. The lowest BCUT2D eigenvalue weighted by molar-refractivity contribution is -0.141. The van der Waals surface area contributed by atoms with Gasteiger partial charge in [0.2, 0.25) is 0 Å². The fourth-order valence-corrected chi connectivity index (χ4v) is 2.39. The van der Waals surface area contributed by atoms with Gasteiger partial charge in [-0.1, -0.05) is 196 Å². The Labute approximate surface area is 524 Å². The van der Waals surface area contributed by atoms with Crippen molar-refractivity contribution in [1.82, 2.24) is 0 Å². The molecule has 0 amide bonds. The van der Waals surface area contributed by atoms with Gasteiger partial charge in [0.15, 0.2) is 0 Å². The van der Waals surface area contributed by atoms with Crippen molar-refractivity contribution in [1.29, 1.82) is 0 Å². The lowest BCUT2D eigenvalue weighted by Crippen LogP contribution is -1.97. The van der Waals surface area contributed by atoms with Gasteiger partial charge in [-0.25, -0.2) is 19.2 Å². The molecule has 18 nitrogen and oxygen atoms in total. The molecule has 0 heterocycles. The standard InChI is InChI=1S/2C6H6.4C5H8O2.4C4H8O2.2C2H6O.7C2H6.B/c2*1-2-4-6-5-3-1;4*1-3-5(6)7-4-2;4*1-3-6-4(2)5;2*1-3-2;7*1-2;/h2*1-6H;4*3H,1,4H2,2H3;4*3H2,1-2H3;2*1-2H3;7*1-2H3;. The van der Waals surface area contributed by atoms with Crippen LogP contribution in [0.1, 0.15) is 180 Å². The maximum absolute atomic E-state index is 10.1. The van der Waals surface area contributed by atoms with Gasteiger partial charge >= 0.3 is 47.8 Å². The molecule has 0 spiro atoms. The van der Waals surface area contributed by atoms with E-state index in [9.17, 15) is 38.4 Å². The largest absolute Gasteiger partial charge is 0.466 e. The summed E-state index contributed by atoms with van der Waals surface area (Å²) in [6.45, 7) is 64.1. The van der Waals surface area contributed by atoms with Gasteiger partial charge in [-0.15, -0.1) is 0 Å². The summed E-state index contributed by atoms with van der Waals surface area (Å²) in [6, 6.07) is 24.0. The number of carbonyl (C=O) groups excluding carboxylic acids is 8. The molecule has 2 rings (SSSR count). The van der Waals surface area contributed by atoms with Crippen LogP contribution in [0.15, 0.2) is 123 Å². The number of hydrogen-bond donors (Lipinski definition) is 0. The van der Waals surface area contributed by atoms with E-state index < -0.39 is 0 Å². The highest BCUT2D eigenvalue weighted by atomic mass is 16.6. The maximum atomic E-state index is 10.1. The Morgan fingerprint density at radius 2 is 0.341 bits per heavy atom. The first-order valence-electron chi connectivity index (χ1n) is 28.7. The van der Waals surface area contributed by atoms with Crippen LogP contribution in [-0.4, -0.2) is 137 Å². The van der Waals surface area contributed by atoms with Crippen molar-refractivity contribution in [3.8, 4) is 0 Å². The van der Waals surface area contributed by atoms with Crippen LogP contribution < -0.4 is 0 Å². The van der Waals surface area contributed by atoms with Crippen LogP contribution in [0, 0.1) is 0 Å². The Morgan fingerprint density at radius 3 is 0.365 bits per heavy atom. The summed E-state index contributed by atoms with van der Waals surface area (Å²) in [4.78, 5) is 79.6. The fourth-order valence-electron chi connectivity index (χ4n) is 2.39. The maximum Gasteiger partial charge on any atom is 0.330 e. The Hall–Kier alpha value is -6.86. The summed E-state index contributed by atoms with van der Waals surface area (Å²) in [5.41, 5.74) is 0. The van der Waals surface area contributed by atoms with Crippen LogP contribution in [0.2, 0.25) is 0 Å². The lowest BCUT2D eigenvalue weighted by Gasteiger charge is -1.90. The first kappa shape index (κ1) is 129. The molecule has 0 N–H and O–H groups in total. The Morgan fingerprint density at radius 1 is 0.259 bits per heavy atom. The molecule has 0 atom stereocenters. The van der Waals surface area contributed by atoms with Crippen LogP contribution in [0.4, 0.5) is 0 Å². The molecule has 0 aliphatic rings. The molecule has 0 aliphatic carbocycles. The van der Waals surface area contributed by atoms with Gasteiger partial charge in [-0.05, 0) is 55.4 Å². The monoisotopic (exact) mass is 1220 g/mol. The van der Waals surface area contributed by atoms with Crippen molar-refractivity contribution in [2.24, 2.45) is 0 Å². The van der Waals surface area contributed by atoms with E-state index in [0.29, 0.717) is 52.9 Å². The first-order chi connectivity index (χ1) is 40.1. The van der Waals surface area contributed by atoms with E-state index in [0.717, 1.165) is 24.3 Å². The normalized spacial score (nSPS) is 6.71. The van der Waals surface area contributed by atoms with Crippen LogP contribution in [0.25, 0.3) is 0 Å². The smallest absolute Gasteiger partial charge is 0.330 e. The number of rotatable bonds is 12. The number of esters is 8. The molecule has 19 heteroatoms. The second-order valence-electron chi connectivity index (χ2n) is 10.6. The summed E-state index contributed by atoms with van der Waals surface area (Å²) < 4.78 is 43.8. The van der Waals surface area contributed by atoms with Gasteiger partial charge in [0.1, 0.15) is 0 Å². The molecule has 0 saturated heterocycles. The van der Waals surface area contributed by atoms with E-state index in [1.807, 2.05) is 170 Å². The van der Waals surface area contributed by atoms with Gasteiger partial charge in [0.25, 0.3) is 0 Å². The summed E-state index contributed by atoms with van der Waals surface area (Å²) in [6.07, 6.45) is 4.57. The molecular weight excluding hydrogens is 1090 g/mol. The van der Waals surface area contributed by atoms with Gasteiger partial charge in [0.05, 0.1) is 52.9 Å². The highest BCUT2D eigenvalue weighted by molar-refractivity contribution is 5.82. The summed E-state index contributed by atoms with van der Waals surface area (Å²) in [7, 11) is 6.50. The van der Waals surface area contributed by atoms with Crippen molar-refractivity contribution in [3.63, 3.8) is 0 Å². The van der Waals surface area contributed by atoms with Crippen molar-refractivity contribution in [2.45, 2.75) is 180 Å². The molecule has 85 heavy (non-hydrogen) atoms. The molecule has 0 bridgehead atoms. The van der Waals surface area contributed by atoms with Crippen LogP contribution in [0.5, 0.6) is 0 Å². The zero-order chi connectivity index (χ0) is 70.7. The molecule has 505 valence electrons. The zero-order valence-corrected chi connectivity index (χ0v) is 59.6. The molecule has 0 aliphatic heterocycles. The van der Waals surface area contributed by atoms with E-state index in [-0.39, 0.29) is 56.2 Å². The molecule has 3 radical (unpaired) electrons. The average Bonchev–Trinajstić information content (AvgIpc) is 3.51. The quantitative estimate of drug-likeness (QED) is 0.0832. The minimum absolute atomic E-state index is 0. The number of ether oxygens (including phenoxy) is 10. The summed E-state index contributed by atoms with van der Waals surface area (Å²) in [5, 5.41) is 0. The topological polar surface area (TPSA) is 229 Å². The van der Waals surface area contributed by atoms with E-state index in [2.05, 4.69) is 73.7 Å². The van der Waals surface area contributed by atoms with Crippen molar-refractivity contribution >= 4 is 56.2 Å². The highest BCUT2D eigenvalue weighted by Crippen LogP contribution is 1.81. The van der Waals surface area contributed by atoms with Gasteiger partial charge in [-0.2, -0.15) is 0 Å². The number of methoxy groups -OCH3 is 2. The van der Waals surface area contributed by atoms with Crippen molar-refractivity contribution in [2.75, 3.05) is 81.3 Å². The van der Waals surface area contributed by atoms with Gasteiger partial charge in [-0.3, -0.25) is 19.2 Å². The molecule has 0 unspecified atom stereocenters. The molecule has 2 aromatic carbocycles. The average molecular weight is 1220 g/mol. The summed E-state index contributed by atoms with van der Waals surface area (Å²) >= 11 is 0. The van der Waals surface area contributed by atoms with Crippen LogP contribution in [-0.2, 0) is 85.7 Å². The molecule has 0 aromatic heterocycles. The van der Waals surface area contributed by atoms with Crippen molar-refractivity contribution in [3.05, 3.63) is 123 Å². The van der Waals surface area contributed by atoms with E-state index in [1.54, 1.807) is 83.8 Å². The predicted molar refractivity (Wildman–Crippen MR) is 360 cm³/mol. The third-order valence-corrected chi connectivity index (χ3v) is 4.54. The third kappa shape index (κ3) is 316. The van der Waals surface area contributed by atoms with Crippen molar-refractivity contribution < 1.29 is 85.7 Å². The van der Waals surface area contributed by atoms with E-state index in [1.165, 1.54) is 27.7 Å². The third-order valence-electron chi connectivity index (χ3n) is 4.54. The molecule has 0 saturated carbocycles. The highest BCUT2D eigenvalue weighted by Gasteiger charge is 1.89. The number of carbonyl (C=O) groups is 8. The van der Waals surface area contributed by atoms with Crippen LogP contribution >= 0.6 is 0 Å². The fraction of sp³-hybridized carbons (Fsp3) is 0.576. The second-order valence-corrected chi connectivity index (χ2v) is 10.6. The second kappa shape index (κ2) is 171. The Bertz CT molecular complexity index is 1220. The first-order valence-corrected chi connectivity index (χ1v) is 28.7. The zero-order valence-electron chi connectivity index (χ0n) is 59.6. The molecular formula is C66H130BO18. The van der Waals surface area contributed by atoms with E-state index in [4.69, 9.17) is 0 Å². The van der Waals surface area contributed by atoms with Gasteiger partial charge < -0.3 is 47.4 Å². The van der Waals surface area contributed by atoms with Crippen LogP contribution in [0.3, 0.4) is 0 Å². The Balaban J connectivity index is -0.0000000354. The lowest BCUT2D eigenvalue weighted by atomic mass is 10.4. The number of benzene rings is 2. The van der Waals surface area contributed by atoms with Gasteiger partial charge in [0, 0.05) is 88.9 Å². The Kier molecular flexibility index (Phi) is 259. The predicted octanol–water partition coefficient (Wildman–Crippen LogP) is 15.9.